The Morgan fingerprint density at radius 3 is 2.79 bits per heavy atom. The van der Waals surface area contributed by atoms with E-state index in [9.17, 15) is 4.79 Å². The lowest BCUT2D eigenvalue weighted by molar-refractivity contribution is 0.0949. The smallest absolute Gasteiger partial charge is 0.251 e. The number of carbonyl (C=O) groups is 1. The Bertz CT molecular complexity index is 924. The van der Waals surface area contributed by atoms with Crippen molar-refractivity contribution in [3.63, 3.8) is 0 Å². The van der Waals surface area contributed by atoms with Crippen molar-refractivity contribution in [2.24, 2.45) is 0 Å². The van der Waals surface area contributed by atoms with Crippen LogP contribution in [0.4, 0.5) is 0 Å². The van der Waals surface area contributed by atoms with E-state index < -0.39 is 0 Å². The average molecular weight is 339 g/mol. The Morgan fingerprint density at radius 2 is 2.04 bits per heavy atom. The maximum Gasteiger partial charge on any atom is 0.251 e. The van der Waals surface area contributed by atoms with Crippen LogP contribution in [0.15, 0.2) is 48.7 Å². The molecule has 0 saturated heterocycles. The highest BCUT2D eigenvalue weighted by atomic mass is 35.5. The number of amides is 1. The third-order valence-electron chi connectivity index (χ3n) is 5.05. The second kappa shape index (κ2) is 5.67. The molecular weight excluding hydrogens is 320 g/mol. The van der Waals surface area contributed by atoms with Crippen LogP contribution in [0, 0.1) is 6.92 Å². The van der Waals surface area contributed by atoms with E-state index in [1.165, 1.54) is 10.9 Å². The van der Waals surface area contributed by atoms with Crippen LogP contribution in [0.5, 0.6) is 0 Å². The molecule has 0 spiro atoms. The quantitative estimate of drug-likeness (QED) is 0.718. The van der Waals surface area contributed by atoms with Gasteiger partial charge in [-0.2, -0.15) is 0 Å². The average Bonchev–Trinajstić information content (AvgIpc) is 3.25. The first-order chi connectivity index (χ1) is 11.6. The van der Waals surface area contributed by atoms with Crippen LogP contribution in [0.2, 0.25) is 5.02 Å². The van der Waals surface area contributed by atoms with Crippen molar-refractivity contribution in [1.29, 1.82) is 0 Å². The number of hydrogen-bond acceptors (Lipinski definition) is 1. The van der Waals surface area contributed by atoms with Crippen molar-refractivity contribution in [2.45, 2.75) is 25.2 Å². The van der Waals surface area contributed by atoms with Gasteiger partial charge in [0.25, 0.3) is 5.91 Å². The molecule has 1 amide bonds. The minimum atomic E-state index is 0.00209. The normalized spacial score (nSPS) is 15.4. The first kappa shape index (κ1) is 15.3. The van der Waals surface area contributed by atoms with Crippen LogP contribution in [-0.2, 0) is 5.41 Å². The summed E-state index contributed by atoms with van der Waals surface area (Å²) in [6.45, 7) is 2.63. The molecule has 0 atom stereocenters. The van der Waals surface area contributed by atoms with E-state index in [0.29, 0.717) is 6.54 Å². The summed E-state index contributed by atoms with van der Waals surface area (Å²) in [4.78, 5) is 15.8. The van der Waals surface area contributed by atoms with Crippen molar-refractivity contribution >= 4 is 28.4 Å². The molecular formula is C20H19ClN2O. The number of aromatic nitrogens is 1. The number of aromatic amines is 1. The van der Waals surface area contributed by atoms with Crippen LogP contribution in [-0.4, -0.2) is 17.4 Å². The van der Waals surface area contributed by atoms with Crippen LogP contribution in [0.25, 0.3) is 10.9 Å². The summed E-state index contributed by atoms with van der Waals surface area (Å²) < 4.78 is 0. The van der Waals surface area contributed by atoms with Gasteiger partial charge in [0.2, 0.25) is 0 Å². The van der Waals surface area contributed by atoms with Crippen LogP contribution in [0.3, 0.4) is 0 Å². The van der Waals surface area contributed by atoms with Crippen LogP contribution < -0.4 is 5.32 Å². The van der Waals surface area contributed by atoms with E-state index in [1.54, 1.807) is 0 Å². The van der Waals surface area contributed by atoms with Crippen molar-refractivity contribution in [2.75, 3.05) is 6.54 Å². The topological polar surface area (TPSA) is 44.9 Å². The van der Waals surface area contributed by atoms with Crippen molar-refractivity contribution in [3.05, 3.63) is 70.4 Å². The standard InChI is InChI=1S/C20H19ClN2O/c1-13-4-2-3-5-15(13)19(24)23-12-20(8-9-20)17-11-22-18-10-14(21)6-7-16(17)18/h2-7,10-11,22H,8-9,12H2,1H3,(H,23,24). The molecule has 1 aliphatic rings. The second-order valence-electron chi connectivity index (χ2n) is 6.67. The fourth-order valence-corrected chi connectivity index (χ4v) is 3.57. The molecule has 1 fully saturated rings. The van der Waals surface area contributed by atoms with Gasteiger partial charge in [0.05, 0.1) is 0 Å². The van der Waals surface area contributed by atoms with Gasteiger partial charge in [-0.3, -0.25) is 4.79 Å². The number of fused-ring (bicyclic) bond motifs is 1. The molecule has 1 aliphatic carbocycles. The lowest BCUT2D eigenvalue weighted by Gasteiger charge is -2.16. The molecule has 0 aliphatic heterocycles. The zero-order valence-corrected chi connectivity index (χ0v) is 14.3. The van der Waals surface area contributed by atoms with E-state index >= 15 is 0 Å². The second-order valence-corrected chi connectivity index (χ2v) is 7.11. The molecule has 1 aromatic heterocycles. The Balaban J connectivity index is 1.56. The predicted octanol–water partition coefficient (Wildman–Crippen LogP) is 4.59. The highest BCUT2D eigenvalue weighted by molar-refractivity contribution is 6.31. The molecule has 0 bridgehead atoms. The zero-order chi connectivity index (χ0) is 16.7. The molecule has 24 heavy (non-hydrogen) atoms. The number of carbonyl (C=O) groups excluding carboxylic acids is 1. The van der Waals surface area contributed by atoms with E-state index in [1.807, 2.05) is 43.3 Å². The lowest BCUT2D eigenvalue weighted by atomic mass is 9.95. The molecule has 2 aromatic carbocycles. The molecule has 4 rings (SSSR count). The first-order valence-electron chi connectivity index (χ1n) is 8.20. The largest absolute Gasteiger partial charge is 0.361 e. The van der Waals surface area contributed by atoms with Crippen molar-refractivity contribution in [3.8, 4) is 0 Å². The number of H-pyrrole nitrogens is 1. The fourth-order valence-electron chi connectivity index (χ4n) is 3.40. The van der Waals surface area contributed by atoms with Crippen LogP contribution >= 0.6 is 11.6 Å². The number of aryl methyl sites for hydroxylation is 1. The van der Waals surface area contributed by atoms with E-state index in [-0.39, 0.29) is 11.3 Å². The Kier molecular flexibility index (Phi) is 3.61. The van der Waals surface area contributed by atoms with Gasteiger partial charge in [0.15, 0.2) is 0 Å². The summed E-state index contributed by atoms with van der Waals surface area (Å²) in [5.41, 5.74) is 4.12. The zero-order valence-electron chi connectivity index (χ0n) is 13.5. The number of nitrogens with one attached hydrogen (secondary N) is 2. The van der Waals surface area contributed by atoms with Gasteiger partial charge in [-0.1, -0.05) is 35.9 Å². The summed E-state index contributed by atoms with van der Waals surface area (Å²) >= 11 is 6.07. The summed E-state index contributed by atoms with van der Waals surface area (Å²) in [6, 6.07) is 13.6. The van der Waals surface area contributed by atoms with E-state index in [4.69, 9.17) is 11.6 Å². The number of benzene rings is 2. The lowest BCUT2D eigenvalue weighted by Crippen LogP contribution is -2.32. The fraction of sp³-hybridized carbons (Fsp3) is 0.250. The van der Waals surface area contributed by atoms with Gasteiger partial charge in [0, 0.05) is 39.6 Å². The van der Waals surface area contributed by atoms with Gasteiger partial charge >= 0.3 is 0 Å². The SMILES string of the molecule is Cc1ccccc1C(=O)NCC1(c2c[nH]c3cc(Cl)ccc23)CC1. The predicted molar refractivity (Wildman–Crippen MR) is 97.7 cm³/mol. The molecule has 122 valence electrons. The summed E-state index contributed by atoms with van der Waals surface area (Å²) in [7, 11) is 0. The third-order valence-corrected chi connectivity index (χ3v) is 5.28. The van der Waals surface area contributed by atoms with Gasteiger partial charge in [-0.15, -0.1) is 0 Å². The Labute approximate surface area is 146 Å². The highest BCUT2D eigenvalue weighted by Gasteiger charge is 2.45. The summed E-state index contributed by atoms with van der Waals surface area (Å²) in [5, 5.41) is 5.05. The molecule has 1 saturated carbocycles. The molecule has 3 aromatic rings. The van der Waals surface area contributed by atoms with Gasteiger partial charge in [0.1, 0.15) is 0 Å². The van der Waals surface area contributed by atoms with Gasteiger partial charge < -0.3 is 10.3 Å². The van der Waals surface area contributed by atoms with Crippen LogP contribution in [0.1, 0.15) is 34.3 Å². The number of halogens is 1. The highest BCUT2D eigenvalue weighted by Crippen LogP contribution is 2.50. The maximum atomic E-state index is 12.5. The van der Waals surface area contributed by atoms with Crippen molar-refractivity contribution in [1.82, 2.24) is 10.3 Å². The maximum absolute atomic E-state index is 12.5. The molecule has 1 heterocycles. The Hall–Kier alpha value is -2.26. The van der Waals surface area contributed by atoms with Gasteiger partial charge in [-0.05, 0) is 49.1 Å². The van der Waals surface area contributed by atoms with Gasteiger partial charge in [-0.25, -0.2) is 0 Å². The number of hydrogen-bond donors (Lipinski definition) is 2. The number of rotatable bonds is 4. The summed E-state index contributed by atoms with van der Waals surface area (Å²) in [6.07, 6.45) is 4.25. The minimum Gasteiger partial charge on any atom is -0.361 e. The minimum absolute atomic E-state index is 0.00209. The Morgan fingerprint density at radius 1 is 1.25 bits per heavy atom. The first-order valence-corrected chi connectivity index (χ1v) is 8.58. The monoisotopic (exact) mass is 338 g/mol. The molecule has 3 nitrogen and oxygen atoms in total. The third kappa shape index (κ3) is 2.59. The molecule has 2 N–H and O–H groups in total. The molecule has 0 radical (unpaired) electrons. The molecule has 0 unspecified atom stereocenters. The van der Waals surface area contributed by atoms with E-state index in [0.717, 1.165) is 34.5 Å². The van der Waals surface area contributed by atoms with E-state index in [2.05, 4.69) is 22.6 Å². The molecule has 4 heteroatoms. The summed E-state index contributed by atoms with van der Waals surface area (Å²) in [5.74, 6) is 0.00209. The van der Waals surface area contributed by atoms with Crippen molar-refractivity contribution < 1.29 is 4.79 Å².